The van der Waals surface area contributed by atoms with Gasteiger partial charge in [0.1, 0.15) is 0 Å². The molecule has 0 aromatic rings. The summed E-state index contributed by atoms with van der Waals surface area (Å²) in [6, 6.07) is 0.614. The smallest absolute Gasteiger partial charge is 0.240 e. The molecule has 5 heteroatoms. The quantitative estimate of drug-likeness (QED) is 0.768. The van der Waals surface area contributed by atoms with Crippen molar-refractivity contribution in [1.82, 2.24) is 10.2 Å². The zero-order chi connectivity index (χ0) is 13.3. The van der Waals surface area contributed by atoms with Crippen LogP contribution in [-0.4, -0.2) is 54.7 Å². The second-order valence-corrected chi connectivity index (χ2v) is 6.32. The van der Waals surface area contributed by atoms with Crippen LogP contribution in [0.15, 0.2) is 0 Å². The Morgan fingerprint density at radius 1 is 1.37 bits per heavy atom. The minimum absolute atomic E-state index is 0.0112. The van der Waals surface area contributed by atoms with Crippen molar-refractivity contribution in [3.8, 4) is 0 Å². The Balaban J connectivity index is 1.46. The number of nitrogens with two attached hydrogens (primary N) is 1. The number of nitrogens with zero attached hydrogens (tertiary/aromatic N) is 1. The van der Waals surface area contributed by atoms with Crippen LogP contribution in [0.4, 0.5) is 0 Å². The van der Waals surface area contributed by atoms with Crippen molar-refractivity contribution >= 4 is 5.91 Å². The molecule has 0 radical (unpaired) electrons. The molecule has 2 saturated heterocycles. The van der Waals surface area contributed by atoms with Gasteiger partial charge in [0.05, 0.1) is 18.2 Å². The van der Waals surface area contributed by atoms with Gasteiger partial charge in [-0.1, -0.05) is 12.8 Å². The number of rotatable bonds is 3. The monoisotopic (exact) mass is 267 g/mol. The number of carbonyl (C=O) groups excluding carboxylic acids is 1. The van der Waals surface area contributed by atoms with E-state index in [-0.39, 0.29) is 12.0 Å². The van der Waals surface area contributed by atoms with Crippen molar-refractivity contribution in [1.29, 1.82) is 0 Å². The largest absolute Gasteiger partial charge is 0.373 e. The minimum Gasteiger partial charge on any atom is -0.373 e. The Hall–Kier alpha value is -0.650. The van der Waals surface area contributed by atoms with Gasteiger partial charge in [0.25, 0.3) is 0 Å². The molecule has 1 saturated carbocycles. The molecule has 2 atom stereocenters. The van der Waals surface area contributed by atoms with Gasteiger partial charge in [0.2, 0.25) is 5.91 Å². The van der Waals surface area contributed by atoms with E-state index in [4.69, 9.17) is 10.5 Å². The fourth-order valence-electron chi connectivity index (χ4n) is 3.62. The number of nitrogens with one attached hydrogen (secondary N) is 1. The van der Waals surface area contributed by atoms with Crippen molar-refractivity contribution < 1.29 is 9.53 Å². The van der Waals surface area contributed by atoms with Crippen LogP contribution in [0.25, 0.3) is 0 Å². The maximum atomic E-state index is 12.1. The molecular formula is C14H25N3O2. The van der Waals surface area contributed by atoms with Crippen LogP contribution in [0, 0.1) is 0 Å². The highest BCUT2D eigenvalue weighted by Gasteiger charge is 2.38. The molecule has 5 nitrogen and oxygen atoms in total. The number of amides is 1. The topological polar surface area (TPSA) is 67.6 Å². The van der Waals surface area contributed by atoms with Crippen LogP contribution < -0.4 is 11.1 Å². The predicted molar refractivity (Wildman–Crippen MR) is 72.7 cm³/mol. The summed E-state index contributed by atoms with van der Waals surface area (Å²) >= 11 is 0. The van der Waals surface area contributed by atoms with Gasteiger partial charge in [0.15, 0.2) is 0 Å². The van der Waals surface area contributed by atoms with Crippen molar-refractivity contribution in [2.24, 2.45) is 5.73 Å². The second kappa shape index (κ2) is 5.38. The third kappa shape index (κ3) is 2.78. The molecule has 1 aliphatic carbocycles. The number of morpholine rings is 1. The van der Waals surface area contributed by atoms with E-state index >= 15 is 0 Å². The number of carbonyl (C=O) groups is 1. The first kappa shape index (κ1) is 13.3. The molecule has 3 aliphatic rings. The second-order valence-electron chi connectivity index (χ2n) is 6.32. The molecule has 0 bridgehead atoms. The molecule has 19 heavy (non-hydrogen) atoms. The Morgan fingerprint density at radius 3 is 2.95 bits per heavy atom. The third-order valence-electron chi connectivity index (χ3n) is 4.90. The Bertz CT molecular complexity index is 342. The van der Waals surface area contributed by atoms with Crippen LogP contribution in [-0.2, 0) is 9.53 Å². The minimum atomic E-state index is -0.620. The summed E-state index contributed by atoms with van der Waals surface area (Å²) in [4.78, 5) is 14.6. The zero-order valence-corrected chi connectivity index (χ0v) is 11.6. The molecule has 2 heterocycles. The lowest BCUT2D eigenvalue weighted by atomic mass is 9.98. The normalized spacial score (nSPS) is 34.2. The summed E-state index contributed by atoms with van der Waals surface area (Å²) in [7, 11) is 0. The SMILES string of the molecule is NC1(C(=O)NCC2CN3CCCC3CO2)CCCC1. The molecule has 108 valence electrons. The highest BCUT2D eigenvalue weighted by Crippen LogP contribution is 2.27. The van der Waals surface area contributed by atoms with Gasteiger partial charge < -0.3 is 15.8 Å². The third-order valence-corrected chi connectivity index (χ3v) is 4.90. The Kier molecular flexibility index (Phi) is 3.78. The number of hydrogen-bond donors (Lipinski definition) is 2. The van der Waals surface area contributed by atoms with Gasteiger partial charge in [-0.3, -0.25) is 9.69 Å². The van der Waals surface area contributed by atoms with Gasteiger partial charge in [-0.2, -0.15) is 0 Å². The van der Waals surface area contributed by atoms with Gasteiger partial charge in [-0.15, -0.1) is 0 Å². The molecule has 2 aliphatic heterocycles. The Labute approximate surface area is 114 Å². The van der Waals surface area contributed by atoms with Gasteiger partial charge in [0, 0.05) is 19.1 Å². The van der Waals surface area contributed by atoms with E-state index in [0.717, 1.165) is 38.8 Å². The molecule has 0 aromatic carbocycles. The summed E-state index contributed by atoms with van der Waals surface area (Å²) in [5, 5.41) is 3.00. The maximum Gasteiger partial charge on any atom is 0.240 e. The van der Waals surface area contributed by atoms with Gasteiger partial charge >= 0.3 is 0 Å². The maximum absolute atomic E-state index is 12.1. The van der Waals surface area contributed by atoms with E-state index in [0.29, 0.717) is 12.6 Å². The number of hydrogen-bond acceptors (Lipinski definition) is 4. The Morgan fingerprint density at radius 2 is 2.16 bits per heavy atom. The predicted octanol–water partition coefficient (Wildman–Crippen LogP) is 0.237. The van der Waals surface area contributed by atoms with Gasteiger partial charge in [-0.25, -0.2) is 0 Å². The first-order chi connectivity index (χ1) is 9.17. The van der Waals surface area contributed by atoms with Crippen molar-refractivity contribution in [3.05, 3.63) is 0 Å². The van der Waals surface area contributed by atoms with Crippen LogP contribution in [0.2, 0.25) is 0 Å². The molecule has 2 unspecified atom stereocenters. The first-order valence-corrected chi connectivity index (χ1v) is 7.60. The zero-order valence-electron chi connectivity index (χ0n) is 11.6. The summed E-state index contributed by atoms with van der Waals surface area (Å²) < 4.78 is 5.84. The fraction of sp³-hybridized carbons (Fsp3) is 0.929. The van der Waals surface area contributed by atoms with E-state index in [2.05, 4.69) is 10.2 Å². The fourth-order valence-corrected chi connectivity index (χ4v) is 3.62. The average Bonchev–Trinajstić information content (AvgIpc) is 3.04. The van der Waals surface area contributed by atoms with E-state index < -0.39 is 5.54 Å². The summed E-state index contributed by atoms with van der Waals surface area (Å²) in [6.45, 7) is 3.54. The molecule has 0 spiro atoms. The van der Waals surface area contributed by atoms with Crippen LogP contribution in [0.1, 0.15) is 38.5 Å². The summed E-state index contributed by atoms with van der Waals surface area (Å²) in [5.41, 5.74) is 5.52. The lowest BCUT2D eigenvalue weighted by Crippen LogP contribution is -2.55. The average molecular weight is 267 g/mol. The van der Waals surface area contributed by atoms with Gasteiger partial charge in [-0.05, 0) is 32.2 Å². The number of fused-ring (bicyclic) bond motifs is 1. The van der Waals surface area contributed by atoms with E-state index in [1.54, 1.807) is 0 Å². The lowest BCUT2D eigenvalue weighted by molar-refractivity contribution is -0.127. The van der Waals surface area contributed by atoms with Crippen LogP contribution in [0.3, 0.4) is 0 Å². The highest BCUT2D eigenvalue weighted by atomic mass is 16.5. The summed E-state index contributed by atoms with van der Waals surface area (Å²) in [5.74, 6) is 0.0112. The lowest BCUT2D eigenvalue weighted by Gasteiger charge is -2.35. The molecule has 3 N–H and O–H groups in total. The highest BCUT2D eigenvalue weighted by molar-refractivity contribution is 5.86. The van der Waals surface area contributed by atoms with Crippen LogP contribution in [0.5, 0.6) is 0 Å². The summed E-state index contributed by atoms with van der Waals surface area (Å²) in [6.07, 6.45) is 6.43. The molecule has 3 rings (SSSR count). The molecular weight excluding hydrogens is 242 g/mol. The molecule has 1 amide bonds. The van der Waals surface area contributed by atoms with E-state index in [1.807, 2.05) is 0 Å². The molecule has 0 aromatic heterocycles. The van der Waals surface area contributed by atoms with Crippen molar-refractivity contribution in [2.75, 3.05) is 26.2 Å². The molecule has 3 fully saturated rings. The number of ether oxygens (including phenoxy) is 1. The van der Waals surface area contributed by atoms with Crippen LogP contribution >= 0.6 is 0 Å². The van der Waals surface area contributed by atoms with Crippen molar-refractivity contribution in [2.45, 2.75) is 56.2 Å². The van der Waals surface area contributed by atoms with E-state index in [1.165, 1.54) is 19.4 Å². The first-order valence-electron chi connectivity index (χ1n) is 7.60. The van der Waals surface area contributed by atoms with E-state index in [9.17, 15) is 4.79 Å². The van der Waals surface area contributed by atoms with Crippen molar-refractivity contribution in [3.63, 3.8) is 0 Å². The standard InChI is InChI=1S/C14H25N3O2/c15-14(5-1-2-6-14)13(18)16-8-12-9-17-7-3-4-11(17)10-19-12/h11-12H,1-10,15H2,(H,16,18).